The van der Waals surface area contributed by atoms with E-state index in [-0.39, 0.29) is 22.3 Å². The lowest BCUT2D eigenvalue weighted by Gasteiger charge is -2.23. The second-order valence-electron chi connectivity index (χ2n) is 8.80. The predicted octanol–water partition coefficient (Wildman–Crippen LogP) is 6.51. The molecule has 2 aromatic heterocycles. The second-order valence-corrected chi connectivity index (χ2v) is 11.0. The van der Waals surface area contributed by atoms with Crippen LogP contribution in [0, 0.1) is 5.82 Å². The molecule has 0 saturated heterocycles. The fourth-order valence-corrected chi connectivity index (χ4v) is 6.39. The van der Waals surface area contributed by atoms with Crippen molar-refractivity contribution in [3.63, 3.8) is 0 Å². The molecule has 1 unspecified atom stereocenters. The molecule has 0 saturated carbocycles. The Morgan fingerprint density at radius 1 is 1.10 bits per heavy atom. The van der Waals surface area contributed by atoms with Crippen molar-refractivity contribution >= 4 is 50.9 Å². The fourth-order valence-electron chi connectivity index (χ4n) is 4.54. The lowest BCUT2D eigenvalue weighted by Crippen LogP contribution is -2.31. The molecule has 0 spiro atoms. The van der Waals surface area contributed by atoms with Gasteiger partial charge in [-0.05, 0) is 29.3 Å². The molecule has 1 amide bonds. The molecule has 5 aromatic rings. The number of ether oxygens (including phenoxy) is 1. The molecule has 1 N–H and O–H groups in total. The van der Waals surface area contributed by atoms with Gasteiger partial charge in [-0.3, -0.25) is 14.5 Å². The third kappa shape index (κ3) is 4.52. The maximum absolute atomic E-state index is 14.1. The maximum Gasteiger partial charge on any atom is 0.296 e. The number of hydrogen-bond donors (Lipinski definition) is 1. The molecule has 6 rings (SSSR count). The van der Waals surface area contributed by atoms with Gasteiger partial charge in [0.1, 0.15) is 5.82 Å². The summed E-state index contributed by atoms with van der Waals surface area (Å²) in [5, 5.41) is 20.2. The Hall–Kier alpha value is -4.48. The van der Waals surface area contributed by atoms with Crippen LogP contribution in [0.3, 0.4) is 0 Å². The lowest BCUT2D eigenvalue weighted by atomic mass is 9.95. The Labute approximate surface area is 235 Å². The zero-order valence-corrected chi connectivity index (χ0v) is 22.5. The van der Waals surface area contributed by atoms with E-state index in [0.29, 0.717) is 37.9 Å². The zero-order valence-electron chi connectivity index (χ0n) is 20.9. The zero-order chi connectivity index (χ0) is 27.8. The van der Waals surface area contributed by atoms with Crippen molar-refractivity contribution in [2.24, 2.45) is 0 Å². The Balaban J connectivity index is 1.36. The Morgan fingerprint density at radius 2 is 1.88 bits per heavy atom. The first-order valence-corrected chi connectivity index (χ1v) is 13.9. The van der Waals surface area contributed by atoms with Crippen LogP contribution in [0.5, 0.6) is 5.75 Å². The Morgan fingerprint density at radius 3 is 2.65 bits per heavy atom. The van der Waals surface area contributed by atoms with E-state index in [2.05, 4.69) is 10.2 Å². The van der Waals surface area contributed by atoms with Crippen molar-refractivity contribution in [2.75, 3.05) is 12.0 Å². The molecule has 1 aliphatic rings. The van der Waals surface area contributed by atoms with E-state index in [4.69, 9.17) is 9.15 Å². The van der Waals surface area contributed by atoms with Crippen LogP contribution in [0.2, 0.25) is 0 Å². The van der Waals surface area contributed by atoms with E-state index >= 15 is 0 Å². The van der Waals surface area contributed by atoms with Gasteiger partial charge >= 0.3 is 0 Å². The van der Waals surface area contributed by atoms with Crippen LogP contribution in [-0.2, 0) is 10.5 Å². The van der Waals surface area contributed by atoms with Crippen molar-refractivity contribution < 1.29 is 28.2 Å². The number of furan rings is 1. The fraction of sp³-hybridized carbons (Fsp3) is 0.103. The van der Waals surface area contributed by atoms with E-state index in [9.17, 15) is 19.1 Å². The number of rotatable bonds is 8. The monoisotopic (exact) mass is 573 g/mol. The topological polar surface area (TPSA) is 106 Å². The summed E-state index contributed by atoms with van der Waals surface area (Å²) in [6, 6.07) is 21.2. The molecule has 0 aliphatic carbocycles. The molecule has 200 valence electrons. The largest absolute Gasteiger partial charge is 0.503 e. The number of hydrogen-bond acceptors (Lipinski definition) is 9. The molecule has 0 radical (unpaired) electrons. The van der Waals surface area contributed by atoms with E-state index in [1.54, 1.807) is 66.7 Å². The molecular formula is C29H20FN3O5S2. The van der Waals surface area contributed by atoms with Crippen LogP contribution >= 0.6 is 23.1 Å². The van der Waals surface area contributed by atoms with Crippen LogP contribution in [-0.4, -0.2) is 34.1 Å². The quantitative estimate of drug-likeness (QED) is 0.127. The number of amides is 1. The van der Waals surface area contributed by atoms with Gasteiger partial charge in [0.15, 0.2) is 27.2 Å². The molecule has 3 heterocycles. The number of anilines is 1. The number of Topliss-reactive ketones (excluding diaryl/α,β-unsaturated/α-hetero) is 1. The summed E-state index contributed by atoms with van der Waals surface area (Å²) in [6.07, 6.45) is 0. The highest BCUT2D eigenvalue weighted by molar-refractivity contribution is 8.00. The number of aromatic nitrogens is 2. The van der Waals surface area contributed by atoms with Gasteiger partial charge in [0, 0.05) is 11.1 Å². The van der Waals surface area contributed by atoms with Crippen molar-refractivity contribution in [1.29, 1.82) is 0 Å². The third-order valence-electron chi connectivity index (χ3n) is 6.43. The number of benzene rings is 3. The Kier molecular flexibility index (Phi) is 6.82. The van der Waals surface area contributed by atoms with Gasteiger partial charge in [-0.2, -0.15) is 0 Å². The highest BCUT2D eigenvalue weighted by atomic mass is 32.2. The lowest BCUT2D eigenvalue weighted by molar-refractivity contribution is -0.117. The SMILES string of the molecule is COc1cccc2cc(C(=O)C3=C(O)C(=O)N(c4nnc(SCc5ccccc5F)s4)C3c3ccccc3)oc12. The summed E-state index contributed by atoms with van der Waals surface area (Å²) in [5.74, 6) is -1.71. The molecule has 40 heavy (non-hydrogen) atoms. The summed E-state index contributed by atoms with van der Waals surface area (Å²) < 4.78 is 25.8. The number of para-hydroxylation sites is 1. The average molecular weight is 574 g/mol. The first-order valence-electron chi connectivity index (χ1n) is 12.1. The number of carbonyl (C=O) groups is 2. The summed E-state index contributed by atoms with van der Waals surface area (Å²) in [4.78, 5) is 28.5. The number of halogens is 1. The number of nitrogens with zero attached hydrogens (tertiary/aromatic N) is 3. The number of fused-ring (bicyclic) bond motifs is 1. The van der Waals surface area contributed by atoms with E-state index < -0.39 is 23.5 Å². The van der Waals surface area contributed by atoms with Crippen LogP contribution in [0.15, 0.2) is 99.0 Å². The molecule has 1 atom stereocenters. The maximum atomic E-state index is 14.1. The van der Waals surface area contributed by atoms with Crippen LogP contribution in [0.25, 0.3) is 11.0 Å². The molecular weight excluding hydrogens is 553 g/mol. The average Bonchev–Trinajstić information content (AvgIpc) is 3.69. The predicted molar refractivity (Wildman–Crippen MR) is 149 cm³/mol. The van der Waals surface area contributed by atoms with Gasteiger partial charge in [0.2, 0.25) is 10.9 Å². The summed E-state index contributed by atoms with van der Waals surface area (Å²) in [6.45, 7) is 0. The highest BCUT2D eigenvalue weighted by Crippen LogP contribution is 2.44. The number of methoxy groups -OCH3 is 1. The minimum atomic E-state index is -0.978. The summed E-state index contributed by atoms with van der Waals surface area (Å²) in [5.41, 5.74) is 1.35. The molecule has 0 bridgehead atoms. The normalized spacial score (nSPS) is 15.3. The Bertz CT molecular complexity index is 1780. The van der Waals surface area contributed by atoms with E-state index in [1.807, 2.05) is 6.07 Å². The molecule has 8 nitrogen and oxygen atoms in total. The van der Waals surface area contributed by atoms with Crippen molar-refractivity contribution in [1.82, 2.24) is 10.2 Å². The van der Waals surface area contributed by atoms with Gasteiger partial charge in [0.05, 0.1) is 18.7 Å². The number of aliphatic hydroxyl groups is 1. The smallest absolute Gasteiger partial charge is 0.296 e. The number of aliphatic hydroxyl groups excluding tert-OH is 1. The minimum Gasteiger partial charge on any atom is -0.503 e. The molecule has 1 aliphatic heterocycles. The molecule has 0 fully saturated rings. The molecule has 3 aromatic carbocycles. The van der Waals surface area contributed by atoms with Gasteiger partial charge in [-0.25, -0.2) is 4.39 Å². The first kappa shape index (κ1) is 25.8. The van der Waals surface area contributed by atoms with Crippen molar-refractivity contribution in [2.45, 2.75) is 16.1 Å². The van der Waals surface area contributed by atoms with Crippen molar-refractivity contribution in [3.8, 4) is 5.75 Å². The van der Waals surface area contributed by atoms with Crippen LogP contribution in [0.4, 0.5) is 9.52 Å². The minimum absolute atomic E-state index is 0.0463. The van der Waals surface area contributed by atoms with Gasteiger partial charge in [-0.1, -0.05) is 83.8 Å². The van der Waals surface area contributed by atoms with Crippen LogP contribution < -0.4 is 9.64 Å². The number of thioether (sulfide) groups is 1. The highest BCUT2D eigenvalue weighted by Gasteiger charge is 2.46. The number of ketones is 1. The second kappa shape index (κ2) is 10.6. The van der Waals surface area contributed by atoms with E-state index in [1.165, 1.54) is 29.8 Å². The first-order chi connectivity index (χ1) is 19.5. The summed E-state index contributed by atoms with van der Waals surface area (Å²) in [7, 11) is 1.50. The van der Waals surface area contributed by atoms with Crippen molar-refractivity contribution in [3.05, 3.63) is 113 Å². The number of carbonyl (C=O) groups excluding carboxylic acids is 2. The molecule has 11 heteroatoms. The van der Waals surface area contributed by atoms with Gasteiger partial charge < -0.3 is 14.3 Å². The van der Waals surface area contributed by atoms with Crippen LogP contribution in [0.1, 0.15) is 27.7 Å². The summed E-state index contributed by atoms with van der Waals surface area (Å²) >= 11 is 2.39. The van der Waals surface area contributed by atoms with Gasteiger partial charge in [0.25, 0.3) is 5.91 Å². The van der Waals surface area contributed by atoms with Gasteiger partial charge in [-0.15, -0.1) is 10.2 Å². The third-order valence-corrected chi connectivity index (χ3v) is 8.54. The van der Waals surface area contributed by atoms with E-state index in [0.717, 1.165) is 11.3 Å². The standard InChI is InChI=1S/C29H20FN3O5S2/c1-37-20-13-7-11-17-14-21(38-26(17)20)24(34)22-23(16-8-3-2-4-9-16)33(27(36)25(22)35)28-31-32-29(40-28)39-15-18-10-5-6-12-19(18)30/h2-14,23,35H,15H2,1H3.